The fourth-order valence-electron chi connectivity index (χ4n) is 2.00. The largest absolute Gasteiger partial charge is 0.476 e. The first-order chi connectivity index (χ1) is 11.7. The van der Waals surface area contributed by atoms with Gasteiger partial charge in [-0.25, -0.2) is 9.89 Å². The lowest BCUT2D eigenvalue weighted by Gasteiger charge is -2.02. The molecule has 0 atom stereocenters. The van der Waals surface area contributed by atoms with E-state index in [0.29, 0.717) is 12.2 Å². The van der Waals surface area contributed by atoms with E-state index in [0.717, 1.165) is 11.1 Å². The van der Waals surface area contributed by atoms with E-state index in [9.17, 15) is 4.79 Å². The number of aromatic amines is 1. The number of hydrogen-bond acceptors (Lipinski definition) is 4. The average Bonchev–Trinajstić information content (AvgIpc) is 3.06. The standard InChI is InChI=1S/C18H13N3O3/c22-18(23)16-17(20-21-19-16)24-15-11-9-14(10-12-15)8-4-7-13-5-2-1-3-6-13/h1-3,5-6,9-12H,7H2,(H,22,23)(H,19,20,21). The molecule has 0 unspecified atom stereocenters. The number of aromatic nitrogens is 3. The molecule has 3 rings (SSSR count). The zero-order valence-electron chi connectivity index (χ0n) is 12.6. The van der Waals surface area contributed by atoms with Gasteiger partial charge in [0.25, 0.3) is 5.88 Å². The minimum Gasteiger partial charge on any atom is -0.476 e. The molecule has 0 saturated carbocycles. The second kappa shape index (κ2) is 7.11. The van der Waals surface area contributed by atoms with Crippen LogP contribution >= 0.6 is 0 Å². The summed E-state index contributed by atoms with van der Waals surface area (Å²) in [5, 5.41) is 18.2. The Morgan fingerprint density at radius 2 is 1.88 bits per heavy atom. The van der Waals surface area contributed by atoms with Gasteiger partial charge in [-0.05, 0) is 29.8 Å². The van der Waals surface area contributed by atoms with Gasteiger partial charge in [0.15, 0.2) is 0 Å². The molecule has 6 heteroatoms. The molecule has 1 heterocycles. The lowest BCUT2D eigenvalue weighted by Crippen LogP contribution is -1.99. The lowest BCUT2D eigenvalue weighted by atomic mass is 10.1. The molecule has 2 N–H and O–H groups in total. The van der Waals surface area contributed by atoms with Gasteiger partial charge in [0.1, 0.15) is 5.75 Å². The van der Waals surface area contributed by atoms with Crippen molar-refractivity contribution in [2.24, 2.45) is 0 Å². The van der Waals surface area contributed by atoms with Crippen LogP contribution in [0.15, 0.2) is 54.6 Å². The molecule has 118 valence electrons. The number of carbonyl (C=O) groups is 1. The van der Waals surface area contributed by atoms with E-state index in [4.69, 9.17) is 9.84 Å². The third kappa shape index (κ3) is 3.78. The summed E-state index contributed by atoms with van der Waals surface area (Å²) in [5.74, 6) is 5.44. The van der Waals surface area contributed by atoms with E-state index < -0.39 is 5.97 Å². The molecule has 0 aliphatic heterocycles. The molecule has 0 aliphatic carbocycles. The van der Waals surface area contributed by atoms with Crippen LogP contribution in [0, 0.1) is 11.8 Å². The third-order valence-electron chi connectivity index (χ3n) is 3.16. The molecule has 2 aromatic carbocycles. The molecule has 6 nitrogen and oxygen atoms in total. The molecule has 1 aromatic heterocycles. The Morgan fingerprint density at radius 1 is 1.12 bits per heavy atom. The molecule has 0 radical (unpaired) electrons. The van der Waals surface area contributed by atoms with Crippen LogP contribution in [-0.4, -0.2) is 26.5 Å². The monoisotopic (exact) mass is 319 g/mol. The van der Waals surface area contributed by atoms with Crippen molar-refractivity contribution in [2.45, 2.75) is 6.42 Å². The molecule has 0 aliphatic rings. The van der Waals surface area contributed by atoms with Crippen molar-refractivity contribution in [2.75, 3.05) is 0 Å². The second-order valence-electron chi connectivity index (χ2n) is 4.89. The van der Waals surface area contributed by atoms with Gasteiger partial charge in [0.2, 0.25) is 5.69 Å². The first-order valence-electron chi connectivity index (χ1n) is 7.17. The molecule has 3 aromatic rings. The minimum absolute atomic E-state index is 0.00888. The molecule has 0 saturated heterocycles. The zero-order chi connectivity index (χ0) is 16.8. The highest BCUT2D eigenvalue weighted by Crippen LogP contribution is 2.21. The first kappa shape index (κ1) is 15.3. The van der Waals surface area contributed by atoms with Crippen LogP contribution in [0.1, 0.15) is 21.6 Å². The number of H-pyrrole nitrogens is 1. The Kier molecular flexibility index (Phi) is 4.54. The summed E-state index contributed by atoms with van der Waals surface area (Å²) in [7, 11) is 0. The van der Waals surface area contributed by atoms with Gasteiger partial charge in [-0.2, -0.15) is 0 Å². The van der Waals surface area contributed by atoms with Gasteiger partial charge < -0.3 is 9.84 Å². The number of hydrogen-bond donors (Lipinski definition) is 2. The molecule has 24 heavy (non-hydrogen) atoms. The van der Waals surface area contributed by atoms with Crippen molar-refractivity contribution in [3.63, 3.8) is 0 Å². The highest BCUT2D eigenvalue weighted by atomic mass is 16.5. The normalized spacial score (nSPS) is 9.83. The number of benzene rings is 2. The van der Waals surface area contributed by atoms with Gasteiger partial charge in [-0.3, -0.25) is 0 Å². The van der Waals surface area contributed by atoms with E-state index in [1.165, 1.54) is 0 Å². The number of rotatable bonds is 4. The van der Waals surface area contributed by atoms with Gasteiger partial charge in [-0.1, -0.05) is 47.4 Å². The van der Waals surface area contributed by atoms with Crippen LogP contribution < -0.4 is 4.74 Å². The summed E-state index contributed by atoms with van der Waals surface area (Å²) in [5.41, 5.74) is 1.75. The van der Waals surface area contributed by atoms with Crippen molar-refractivity contribution < 1.29 is 14.6 Å². The van der Waals surface area contributed by atoms with Crippen molar-refractivity contribution >= 4 is 5.97 Å². The number of aromatic carboxylic acids is 1. The number of ether oxygens (including phenoxy) is 1. The van der Waals surface area contributed by atoms with Gasteiger partial charge in [0.05, 0.1) is 0 Å². The van der Waals surface area contributed by atoms with E-state index >= 15 is 0 Å². The van der Waals surface area contributed by atoms with Crippen molar-refractivity contribution in [1.29, 1.82) is 0 Å². The van der Waals surface area contributed by atoms with Crippen LogP contribution in [-0.2, 0) is 6.42 Å². The van der Waals surface area contributed by atoms with Gasteiger partial charge in [-0.15, -0.1) is 5.10 Å². The highest BCUT2D eigenvalue weighted by molar-refractivity contribution is 5.87. The Labute approximate surface area is 138 Å². The van der Waals surface area contributed by atoms with Crippen molar-refractivity contribution in [3.8, 4) is 23.5 Å². The minimum atomic E-state index is -1.21. The summed E-state index contributed by atoms with van der Waals surface area (Å²) in [6.45, 7) is 0. The SMILES string of the molecule is O=C(O)c1nn[nH]c1Oc1ccc(C#CCc2ccccc2)cc1. The fraction of sp³-hybridized carbons (Fsp3) is 0.0556. The lowest BCUT2D eigenvalue weighted by molar-refractivity contribution is 0.0687. The Bertz CT molecular complexity index is 891. The van der Waals surface area contributed by atoms with E-state index in [1.807, 2.05) is 30.3 Å². The molecular formula is C18H13N3O3. The van der Waals surface area contributed by atoms with Crippen LogP contribution in [0.25, 0.3) is 0 Å². The van der Waals surface area contributed by atoms with Crippen molar-refractivity contribution in [1.82, 2.24) is 15.4 Å². The number of nitrogens with zero attached hydrogens (tertiary/aromatic N) is 2. The maximum Gasteiger partial charge on any atom is 0.362 e. The van der Waals surface area contributed by atoms with E-state index in [2.05, 4.69) is 27.3 Å². The topological polar surface area (TPSA) is 88.1 Å². The number of nitrogens with one attached hydrogen (secondary N) is 1. The van der Waals surface area contributed by atoms with Crippen LogP contribution in [0.3, 0.4) is 0 Å². The Morgan fingerprint density at radius 3 is 2.58 bits per heavy atom. The predicted octanol–water partition coefficient (Wildman–Crippen LogP) is 2.89. The highest BCUT2D eigenvalue weighted by Gasteiger charge is 2.16. The molecule has 0 fully saturated rings. The summed E-state index contributed by atoms with van der Waals surface area (Å²) in [6.07, 6.45) is 0.681. The summed E-state index contributed by atoms with van der Waals surface area (Å²) < 4.78 is 5.43. The number of carboxylic acids is 1. The first-order valence-corrected chi connectivity index (χ1v) is 7.17. The van der Waals surface area contributed by atoms with Crippen LogP contribution in [0.2, 0.25) is 0 Å². The van der Waals surface area contributed by atoms with Crippen molar-refractivity contribution in [3.05, 3.63) is 71.4 Å². The average molecular weight is 319 g/mol. The fourth-order valence-corrected chi connectivity index (χ4v) is 2.00. The van der Waals surface area contributed by atoms with Gasteiger partial charge in [0, 0.05) is 12.0 Å². The second-order valence-corrected chi connectivity index (χ2v) is 4.89. The molecule has 0 bridgehead atoms. The van der Waals surface area contributed by atoms with Gasteiger partial charge >= 0.3 is 5.97 Å². The van der Waals surface area contributed by atoms with Crippen LogP contribution in [0.4, 0.5) is 0 Å². The van der Waals surface area contributed by atoms with Crippen LogP contribution in [0.5, 0.6) is 11.6 Å². The van der Waals surface area contributed by atoms with E-state index in [1.54, 1.807) is 24.3 Å². The molecular weight excluding hydrogens is 306 g/mol. The smallest absolute Gasteiger partial charge is 0.362 e. The molecule has 0 amide bonds. The molecule has 0 spiro atoms. The van der Waals surface area contributed by atoms with E-state index in [-0.39, 0.29) is 11.6 Å². The maximum absolute atomic E-state index is 10.9. The zero-order valence-corrected chi connectivity index (χ0v) is 12.6. The quantitative estimate of drug-likeness (QED) is 0.722. The maximum atomic E-state index is 10.9. The summed E-state index contributed by atoms with van der Waals surface area (Å²) in [6, 6.07) is 17.0. The predicted molar refractivity (Wildman–Crippen MR) is 86.9 cm³/mol. The number of carboxylic acid groups (broad SMARTS) is 1. The third-order valence-corrected chi connectivity index (χ3v) is 3.16. The Balaban J connectivity index is 1.65. The summed E-state index contributed by atoms with van der Waals surface area (Å²) in [4.78, 5) is 10.9. The Hall–Kier alpha value is -3.59. The summed E-state index contributed by atoms with van der Waals surface area (Å²) >= 11 is 0.